The molecule has 0 spiro atoms. The number of ether oxygens (including phenoxy) is 1. The Bertz CT molecular complexity index is 579. The summed E-state index contributed by atoms with van der Waals surface area (Å²) in [4.78, 5) is 11.4. The number of nitrogens with one attached hydrogen (secondary N) is 1. The highest BCUT2D eigenvalue weighted by atomic mass is 32.2. The van der Waals surface area contributed by atoms with E-state index < -0.39 is 32.5 Å². The first-order chi connectivity index (χ1) is 9.42. The summed E-state index contributed by atoms with van der Waals surface area (Å²) in [6.07, 6.45) is -1.84. The molecule has 1 saturated heterocycles. The summed E-state index contributed by atoms with van der Waals surface area (Å²) in [7, 11) is -3.92. The molecule has 0 bridgehead atoms. The molecule has 1 aliphatic rings. The Labute approximate surface area is 119 Å². The second kappa shape index (κ2) is 6.15. The van der Waals surface area contributed by atoms with Crippen molar-refractivity contribution in [3.05, 3.63) is 21.9 Å². The fourth-order valence-electron chi connectivity index (χ4n) is 1.90. The number of sulfonamides is 1. The zero-order valence-corrected chi connectivity index (χ0v) is 12.0. The summed E-state index contributed by atoms with van der Waals surface area (Å²) >= 11 is 0.717. The number of halogens is 2. The third-order valence-electron chi connectivity index (χ3n) is 2.93. The van der Waals surface area contributed by atoms with Crippen molar-refractivity contribution in [3.8, 4) is 0 Å². The molecule has 0 aliphatic carbocycles. The SMILES string of the molecule is O=C(NS(=O)(=O)C1CCCOC1)c1ccsc1C(F)F. The zero-order valence-electron chi connectivity index (χ0n) is 10.3. The summed E-state index contributed by atoms with van der Waals surface area (Å²) in [6.45, 7) is 0.494. The topological polar surface area (TPSA) is 72.5 Å². The Hall–Kier alpha value is -1.06. The lowest BCUT2D eigenvalue weighted by atomic mass is 10.2. The van der Waals surface area contributed by atoms with Crippen molar-refractivity contribution in [1.29, 1.82) is 0 Å². The molecule has 112 valence electrons. The predicted molar refractivity (Wildman–Crippen MR) is 69.5 cm³/mol. The Morgan fingerprint density at radius 2 is 2.25 bits per heavy atom. The van der Waals surface area contributed by atoms with Crippen molar-refractivity contribution >= 4 is 27.3 Å². The second-order valence-electron chi connectivity index (χ2n) is 4.31. The number of hydrogen-bond acceptors (Lipinski definition) is 5. The first kappa shape index (κ1) is 15.3. The molecule has 0 aromatic carbocycles. The average molecular weight is 325 g/mol. The minimum absolute atomic E-state index is 0.00789. The summed E-state index contributed by atoms with van der Waals surface area (Å²) < 4.78 is 56.2. The van der Waals surface area contributed by atoms with Crippen molar-refractivity contribution in [3.63, 3.8) is 0 Å². The van der Waals surface area contributed by atoms with E-state index in [4.69, 9.17) is 4.74 Å². The lowest BCUT2D eigenvalue weighted by Gasteiger charge is -2.22. The molecule has 9 heteroatoms. The highest BCUT2D eigenvalue weighted by Gasteiger charge is 2.31. The van der Waals surface area contributed by atoms with Crippen LogP contribution in [0.15, 0.2) is 11.4 Å². The Morgan fingerprint density at radius 3 is 2.85 bits per heavy atom. The third kappa shape index (κ3) is 3.33. The molecule has 1 fully saturated rings. The number of alkyl halides is 2. The van der Waals surface area contributed by atoms with E-state index in [0.717, 1.165) is 11.3 Å². The predicted octanol–water partition coefficient (Wildman–Crippen LogP) is 1.92. The maximum Gasteiger partial charge on any atom is 0.273 e. The summed E-state index contributed by atoms with van der Waals surface area (Å²) in [5, 5.41) is 0.501. The van der Waals surface area contributed by atoms with Crippen molar-refractivity contribution in [1.82, 2.24) is 4.72 Å². The van der Waals surface area contributed by atoms with E-state index in [-0.39, 0.29) is 12.2 Å². The molecule has 1 unspecified atom stereocenters. The van der Waals surface area contributed by atoms with Crippen LogP contribution < -0.4 is 4.72 Å². The standard InChI is InChI=1S/C11H13F2NO4S2/c12-10(13)9-8(3-5-19-9)11(15)14-20(16,17)7-2-1-4-18-6-7/h3,5,7,10H,1-2,4,6H2,(H,14,15). The Morgan fingerprint density at radius 1 is 1.50 bits per heavy atom. The number of hydrogen-bond donors (Lipinski definition) is 1. The molecule has 0 saturated carbocycles. The molecule has 2 rings (SSSR count). The van der Waals surface area contributed by atoms with E-state index >= 15 is 0 Å². The van der Waals surface area contributed by atoms with E-state index in [1.54, 1.807) is 0 Å². The minimum atomic E-state index is -3.92. The third-order valence-corrected chi connectivity index (χ3v) is 5.57. The van der Waals surface area contributed by atoms with E-state index in [1.807, 2.05) is 4.72 Å². The molecule has 1 N–H and O–H groups in total. The van der Waals surface area contributed by atoms with Gasteiger partial charge in [0.15, 0.2) is 0 Å². The molecule has 1 amide bonds. The van der Waals surface area contributed by atoms with Gasteiger partial charge in [-0.2, -0.15) is 0 Å². The highest BCUT2D eigenvalue weighted by Crippen LogP contribution is 2.28. The zero-order chi connectivity index (χ0) is 14.8. The second-order valence-corrected chi connectivity index (χ2v) is 7.22. The largest absolute Gasteiger partial charge is 0.380 e. The van der Waals surface area contributed by atoms with Crippen LogP contribution in [-0.4, -0.2) is 32.8 Å². The van der Waals surface area contributed by atoms with Crippen LogP contribution in [0.2, 0.25) is 0 Å². The quantitative estimate of drug-likeness (QED) is 0.918. The smallest absolute Gasteiger partial charge is 0.273 e. The van der Waals surface area contributed by atoms with Crippen LogP contribution in [0, 0.1) is 0 Å². The molecule has 1 aliphatic heterocycles. The van der Waals surface area contributed by atoms with Gasteiger partial charge in [0.05, 0.1) is 17.0 Å². The maximum absolute atomic E-state index is 12.7. The van der Waals surface area contributed by atoms with Crippen molar-refractivity contribution in [2.45, 2.75) is 24.5 Å². The Balaban J connectivity index is 2.12. The molecule has 20 heavy (non-hydrogen) atoms. The summed E-state index contributed by atoms with van der Waals surface area (Å²) in [5.74, 6) is -1.02. The first-order valence-corrected chi connectivity index (χ1v) is 8.33. The van der Waals surface area contributed by atoms with E-state index in [9.17, 15) is 22.0 Å². The van der Waals surface area contributed by atoms with Gasteiger partial charge in [0.2, 0.25) is 10.0 Å². The summed E-state index contributed by atoms with van der Waals surface area (Å²) in [6, 6.07) is 1.19. The van der Waals surface area contributed by atoms with E-state index in [1.165, 1.54) is 11.4 Å². The van der Waals surface area contributed by atoms with Gasteiger partial charge in [0.25, 0.3) is 12.3 Å². The first-order valence-electron chi connectivity index (χ1n) is 5.91. The van der Waals surface area contributed by atoms with Crippen LogP contribution in [0.5, 0.6) is 0 Å². The number of rotatable bonds is 4. The minimum Gasteiger partial charge on any atom is -0.380 e. The van der Waals surface area contributed by atoms with Gasteiger partial charge in [-0.05, 0) is 24.3 Å². The molecule has 1 aromatic rings. The van der Waals surface area contributed by atoms with Crippen LogP contribution in [0.4, 0.5) is 8.78 Å². The van der Waals surface area contributed by atoms with Gasteiger partial charge < -0.3 is 4.74 Å². The van der Waals surface area contributed by atoms with Crippen molar-refractivity contribution in [2.24, 2.45) is 0 Å². The maximum atomic E-state index is 12.7. The van der Waals surface area contributed by atoms with Gasteiger partial charge in [-0.15, -0.1) is 11.3 Å². The molecule has 0 radical (unpaired) electrons. The van der Waals surface area contributed by atoms with Crippen LogP contribution in [0.25, 0.3) is 0 Å². The lowest BCUT2D eigenvalue weighted by molar-refractivity contribution is 0.0946. The van der Waals surface area contributed by atoms with Crippen LogP contribution >= 0.6 is 11.3 Å². The fourth-order valence-corrected chi connectivity index (χ4v) is 3.93. The van der Waals surface area contributed by atoms with Crippen LogP contribution in [0.3, 0.4) is 0 Å². The average Bonchev–Trinajstić information content (AvgIpc) is 2.88. The number of carbonyl (C=O) groups is 1. The highest BCUT2D eigenvalue weighted by molar-refractivity contribution is 7.90. The number of thiophene rings is 1. The van der Waals surface area contributed by atoms with Gasteiger partial charge in [-0.3, -0.25) is 4.79 Å². The molecular weight excluding hydrogens is 312 g/mol. The van der Waals surface area contributed by atoms with E-state index in [0.29, 0.717) is 19.4 Å². The molecular formula is C11H13F2NO4S2. The van der Waals surface area contributed by atoms with Crippen LogP contribution in [-0.2, 0) is 14.8 Å². The lowest BCUT2D eigenvalue weighted by Crippen LogP contribution is -2.42. The van der Waals surface area contributed by atoms with E-state index in [2.05, 4.69) is 0 Å². The van der Waals surface area contributed by atoms with Gasteiger partial charge in [0, 0.05) is 6.61 Å². The van der Waals surface area contributed by atoms with Gasteiger partial charge in [0.1, 0.15) is 5.25 Å². The van der Waals surface area contributed by atoms with Crippen molar-refractivity contribution in [2.75, 3.05) is 13.2 Å². The number of carbonyl (C=O) groups excluding carboxylic acids is 1. The molecule has 2 heterocycles. The van der Waals surface area contributed by atoms with Gasteiger partial charge >= 0.3 is 0 Å². The molecule has 1 atom stereocenters. The Kier molecular flexibility index (Phi) is 4.71. The fraction of sp³-hybridized carbons (Fsp3) is 0.545. The molecule has 1 aromatic heterocycles. The molecule has 5 nitrogen and oxygen atoms in total. The monoisotopic (exact) mass is 325 g/mol. The van der Waals surface area contributed by atoms with Crippen LogP contribution in [0.1, 0.15) is 34.5 Å². The summed E-state index contributed by atoms with van der Waals surface area (Å²) in [5.41, 5.74) is -0.301. The number of amides is 1. The normalized spacial score (nSPS) is 20.1. The van der Waals surface area contributed by atoms with Gasteiger partial charge in [-0.1, -0.05) is 0 Å². The van der Waals surface area contributed by atoms with Gasteiger partial charge in [-0.25, -0.2) is 21.9 Å². The van der Waals surface area contributed by atoms with Crippen molar-refractivity contribution < 1.29 is 26.7 Å².